The first-order chi connectivity index (χ1) is 13.6. The van der Waals surface area contributed by atoms with Gasteiger partial charge in [0.15, 0.2) is 0 Å². The number of carbonyl (C=O) groups is 1. The van der Waals surface area contributed by atoms with Crippen LogP contribution in [0.25, 0.3) is 10.8 Å². The fourth-order valence-corrected chi connectivity index (χ4v) is 3.40. The maximum atomic E-state index is 13.3. The Morgan fingerprint density at radius 3 is 2.57 bits per heavy atom. The van der Waals surface area contributed by atoms with Gasteiger partial charge in [-0.05, 0) is 31.4 Å². The Bertz CT molecular complexity index is 1030. The first-order valence-electron chi connectivity index (χ1n) is 9.67. The molecule has 3 rings (SSSR count). The molecule has 0 saturated heterocycles. The van der Waals surface area contributed by atoms with Crippen LogP contribution in [0.5, 0.6) is 0 Å². The summed E-state index contributed by atoms with van der Waals surface area (Å²) in [6.07, 6.45) is 4.79. The number of rotatable bonds is 7. The van der Waals surface area contributed by atoms with Crippen LogP contribution in [0.2, 0.25) is 0 Å². The Kier molecular flexibility index (Phi) is 6.09. The van der Waals surface area contributed by atoms with Crippen molar-refractivity contribution in [3.8, 4) is 0 Å². The summed E-state index contributed by atoms with van der Waals surface area (Å²) in [6.45, 7) is 6.49. The third-order valence-corrected chi connectivity index (χ3v) is 4.88. The molecule has 1 aromatic carbocycles. The van der Waals surface area contributed by atoms with Gasteiger partial charge in [0.05, 0.1) is 22.7 Å². The standard InChI is InChI=1S/C22H26N4O2/c1-4-12-24-26-15(3)20(18-14-23-13-11-17(18)22(26)28)21(27)25-19(5-2)16-9-7-6-8-10-16/h6-11,13-14,19,24H,4-5,12H2,1-3H3,(H,25,27). The van der Waals surface area contributed by atoms with Crippen LogP contribution in [0.4, 0.5) is 0 Å². The number of hydrogen-bond donors (Lipinski definition) is 2. The number of carbonyl (C=O) groups excluding carboxylic acids is 1. The van der Waals surface area contributed by atoms with Gasteiger partial charge in [0.1, 0.15) is 0 Å². The van der Waals surface area contributed by atoms with E-state index in [-0.39, 0.29) is 17.5 Å². The number of hydrogen-bond acceptors (Lipinski definition) is 4. The van der Waals surface area contributed by atoms with Crippen LogP contribution in [0.15, 0.2) is 53.6 Å². The van der Waals surface area contributed by atoms with E-state index in [0.29, 0.717) is 28.6 Å². The molecule has 1 unspecified atom stereocenters. The minimum atomic E-state index is -0.210. The Morgan fingerprint density at radius 1 is 1.14 bits per heavy atom. The first-order valence-corrected chi connectivity index (χ1v) is 9.67. The summed E-state index contributed by atoms with van der Waals surface area (Å²) in [5.74, 6) is -0.210. The Hall–Kier alpha value is -3.15. The molecule has 28 heavy (non-hydrogen) atoms. The number of benzene rings is 1. The van der Waals surface area contributed by atoms with Crippen molar-refractivity contribution in [3.63, 3.8) is 0 Å². The molecule has 146 valence electrons. The maximum Gasteiger partial charge on any atom is 0.277 e. The van der Waals surface area contributed by atoms with Gasteiger partial charge in [-0.15, -0.1) is 0 Å². The van der Waals surface area contributed by atoms with Crippen molar-refractivity contribution in [2.75, 3.05) is 12.0 Å². The summed E-state index contributed by atoms with van der Waals surface area (Å²) >= 11 is 0. The van der Waals surface area contributed by atoms with E-state index in [2.05, 4.69) is 15.7 Å². The molecule has 1 amide bonds. The molecule has 2 N–H and O–H groups in total. The Balaban J connectivity index is 2.08. The minimum absolute atomic E-state index is 0.108. The second-order valence-electron chi connectivity index (χ2n) is 6.78. The minimum Gasteiger partial charge on any atom is -0.345 e. The molecule has 0 fully saturated rings. The van der Waals surface area contributed by atoms with Crippen LogP contribution in [0.1, 0.15) is 54.3 Å². The zero-order valence-electron chi connectivity index (χ0n) is 16.5. The maximum absolute atomic E-state index is 13.3. The smallest absolute Gasteiger partial charge is 0.277 e. The summed E-state index contributed by atoms with van der Waals surface area (Å²) in [7, 11) is 0. The van der Waals surface area contributed by atoms with E-state index in [9.17, 15) is 9.59 Å². The van der Waals surface area contributed by atoms with Crippen molar-refractivity contribution in [2.24, 2.45) is 0 Å². The lowest BCUT2D eigenvalue weighted by molar-refractivity contribution is 0.0936. The SMILES string of the molecule is CCCNn1c(C)c(C(=O)NC(CC)c2ccccc2)c2cnccc2c1=O. The van der Waals surface area contributed by atoms with Gasteiger partial charge in [-0.1, -0.05) is 44.2 Å². The van der Waals surface area contributed by atoms with Gasteiger partial charge in [-0.3, -0.25) is 14.6 Å². The highest BCUT2D eigenvalue weighted by atomic mass is 16.2. The predicted molar refractivity (Wildman–Crippen MR) is 112 cm³/mol. The Morgan fingerprint density at radius 2 is 1.89 bits per heavy atom. The second-order valence-corrected chi connectivity index (χ2v) is 6.78. The van der Waals surface area contributed by atoms with E-state index in [1.165, 1.54) is 4.68 Å². The molecule has 1 atom stereocenters. The number of fused-ring (bicyclic) bond motifs is 1. The molecule has 6 heteroatoms. The number of amides is 1. The van der Waals surface area contributed by atoms with E-state index in [0.717, 1.165) is 18.4 Å². The van der Waals surface area contributed by atoms with E-state index < -0.39 is 0 Å². The summed E-state index contributed by atoms with van der Waals surface area (Å²) in [5, 5.41) is 4.17. The van der Waals surface area contributed by atoms with E-state index in [1.54, 1.807) is 25.4 Å². The predicted octanol–water partition coefficient (Wildman–Crippen LogP) is 3.54. The molecular formula is C22H26N4O2. The third-order valence-electron chi connectivity index (χ3n) is 4.88. The quantitative estimate of drug-likeness (QED) is 0.659. The largest absolute Gasteiger partial charge is 0.345 e. The zero-order chi connectivity index (χ0) is 20.1. The fraction of sp³-hybridized carbons (Fsp3) is 0.318. The number of nitrogens with zero attached hydrogens (tertiary/aromatic N) is 2. The van der Waals surface area contributed by atoms with Crippen molar-refractivity contribution in [1.82, 2.24) is 15.0 Å². The van der Waals surface area contributed by atoms with Crippen molar-refractivity contribution < 1.29 is 4.79 Å². The van der Waals surface area contributed by atoms with Crippen LogP contribution >= 0.6 is 0 Å². The van der Waals surface area contributed by atoms with Crippen molar-refractivity contribution in [3.05, 3.63) is 76.0 Å². The zero-order valence-corrected chi connectivity index (χ0v) is 16.5. The van der Waals surface area contributed by atoms with Crippen LogP contribution in [0, 0.1) is 6.92 Å². The highest BCUT2D eigenvalue weighted by molar-refractivity contribution is 6.07. The molecule has 3 aromatic rings. The molecule has 0 bridgehead atoms. The normalized spacial score (nSPS) is 12.0. The lowest BCUT2D eigenvalue weighted by atomic mass is 10.0. The van der Waals surface area contributed by atoms with Gasteiger partial charge in [0, 0.05) is 24.3 Å². The summed E-state index contributed by atoms with van der Waals surface area (Å²) in [5.41, 5.74) is 5.06. The molecular weight excluding hydrogens is 352 g/mol. The number of aromatic nitrogens is 2. The van der Waals surface area contributed by atoms with E-state index in [1.807, 2.05) is 44.2 Å². The Labute approximate surface area is 164 Å². The molecule has 0 saturated carbocycles. The molecule has 0 aliphatic heterocycles. The molecule has 6 nitrogen and oxygen atoms in total. The van der Waals surface area contributed by atoms with Crippen LogP contribution in [-0.2, 0) is 0 Å². The third kappa shape index (κ3) is 3.76. The van der Waals surface area contributed by atoms with Gasteiger partial charge in [0.25, 0.3) is 11.5 Å². The molecule has 2 aromatic heterocycles. The number of nitrogens with one attached hydrogen (secondary N) is 2. The second kappa shape index (κ2) is 8.69. The number of pyridine rings is 2. The van der Waals surface area contributed by atoms with Crippen molar-refractivity contribution >= 4 is 16.7 Å². The highest BCUT2D eigenvalue weighted by Crippen LogP contribution is 2.21. The molecule has 0 radical (unpaired) electrons. The van der Waals surface area contributed by atoms with Gasteiger partial charge in [-0.2, -0.15) is 0 Å². The van der Waals surface area contributed by atoms with Crippen LogP contribution in [0.3, 0.4) is 0 Å². The average molecular weight is 378 g/mol. The fourth-order valence-electron chi connectivity index (χ4n) is 3.40. The summed E-state index contributed by atoms with van der Waals surface area (Å²) in [4.78, 5) is 30.3. The van der Waals surface area contributed by atoms with E-state index >= 15 is 0 Å². The van der Waals surface area contributed by atoms with Crippen molar-refractivity contribution in [2.45, 2.75) is 39.7 Å². The van der Waals surface area contributed by atoms with E-state index in [4.69, 9.17) is 0 Å². The van der Waals surface area contributed by atoms with Crippen molar-refractivity contribution in [1.29, 1.82) is 0 Å². The highest BCUT2D eigenvalue weighted by Gasteiger charge is 2.22. The molecule has 2 heterocycles. The molecule has 0 aliphatic rings. The summed E-state index contributed by atoms with van der Waals surface area (Å²) < 4.78 is 1.48. The van der Waals surface area contributed by atoms with Gasteiger partial charge in [-0.25, -0.2) is 4.68 Å². The van der Waals surface area contributed by atoms with Crippen LogP contribution < -0.4 is 16.3 Å². The monoisotopic (exact) mass is 378 g/mol. The van der Waals surface area contributed by atoms with Crippen LogP contribution in [-0.4, -0.2) is 22.1 Å². The van der Waals surface area contributed by atoms with Gasteiger partial charge >= 0.3 is 0 Å². The topological polar surface area (TPSA) is 76.0 Å². The lowest BCUT2D eigenvalue weighted by Crippen LogP contribution is -2.36. The molecule has 0 aliphatic carbocycles. The summed E-state index contributed by atoms with van der Waals surface area (Å²) in [6, 6.07) is 11.4. The average Bonchev–Trinajstić information content (AvgIpc) is 2.72. The lowest BCUT2D eigenvalue weighted by Gasteiger charge is -2.21. The van der Waals surface area contributed by atoms with Gasteiger partial charge in [0.2, 0.25) is 0 Å². The molecule has 0 spiro atoms. The first kappa shape index (κ1) is 19.6. The van der Waals surface area contributed by atoms with Gasteiger partial charge < -0.3 is 10.7 Å².